The quantitative estimate of drug-likeness (QED) is 0.551. The Morgan fingerprint density at radius 3 is 2.06 bits per heavy atom. The Bertz CT molecular complexity index is 257. The number of allylic oxidation sites excluding steroid dienone is 4. The maximum absolute atomic E-state index is 6.10. The average Bonchev–Trinajstić information content (AvgIpc) is 2.29. The van der Waals surface area contributed by atoms with Crippen molar-refractivity contribution in [1.29, 1.82) is 0 Å². The molecule has 0 saturated carbocycles. The Balaban J connectivity index is -0.000000563. The summed E-state index contributed by atoms with van der Waals surface area (Å²) < 4.78 is 6.10. The van der Waals surface area contributed by atoms with Crippen LogP contribution in [0.15, 0.2) is 17.3 Å². The molecule has 1 nitrogen and oxygen atoms in total. The summed E-state index contributed by atoms with van der Waals surface area (Å²) in [6, 6.07) is 0. The van der Waals surface area contributed by atoms with E-state index in [9.17, 15) is 0 Å². The number of hydrogen-bond donors (Lipinski definition) is 0. The topological polar surface area (TPSA) is 9.23 Å². The third-order valence-corrected chi connectivity index (χ3v) is 4.67. The van der Waals surface area contributed by atoms with Crippen LogP contribution in [0.4, 0.5) is 0 Å². The van der Waals surface area contributed by atoms with E-state index in [1.807, 2.05) is 0 Å². The van der Waals surface area contributed by atoms with Crippen LogP contribution >= 0.6 is 24.8 Å². The van der Waals surface area contributed by atoms with Crippen LogP contribution in [-0.2, 0) is 26.1 Å². The van der Waals surface area contributed by atoms with Gasteiger partial charge in [0.1, 0.15) is 0 Å². The molecule has 16 heavy (non-hydrogen) atoms. The maximum atomic E-state index is 6.10. The van der Waals surface area contributed by atoms with Gasteiger partial charge in [0.05, 0.1) is 0 Å². The van der Waals surface area contributed by atoms with E-state index in [0.717, 1.165) is 6.42 Å². The van der Waals surface area contributed by atoms with Crippen molar-refractivity contribution in [2.75, 3.05) is 0 Å². The summed E-state index contributed by atoms with van der Waals surface area (Å²) in [7, 11) is -1.69. The molecule has 0 aliphatic heterocycles. The molecule has 1 rings (SSSR count). The summed E-state index contributed by atoms with van der Waals surface area (Å²) in [5, 5.41) is 1.31. The van der Waals surface area contributed by atoms with E-state index >= 15 is 0 Å². The van der Waals surface area contributed by atoms with Gasteiger partial charge < -0.3 is 4.43 Å². The number of rotatable bonds is 2. The zero-order chi connectivity index (χ0) is 10.1. The van der Waals surface area contributed by atoms with Crippen molar-refractivity contribution in [3.05, 3.63) is 23.4 Å². The summed E-state index contributed by atoms with van der Waals surface area (Å²) >= 11 is 0. The maximum Gasteiger partial charge on any atom is 0.183 e. The smallest absolute Gasteiger partial charge is 0.183 e. The molecular weight excluding hydrogens is 295 g/mol. The molecule has 0 N–H and O–H groups in total. The Kier molecular flexibility index (Phi) is 11.3. The largest absolute Gasteiger partial charge is 0.411 e. The Hall–Kier alpha value is 0.951. The minimum Gasteiger partial charge on any atom is -0.411 e. The zero-order valence-electron chi connectivity index (χ0n) is 10.6. The molecule has 0 unspecified atom stereocenters. The first-order valence-electron chi connectivity index (χ1n) is 4.79. The standard InChI is InChI=1S/C11H19OSi.2ClH.Ti/c1-11(2,3)12-13(4,5)10-8-6-7-9-10;;;/h6,8H,7H2,1-5H3;2*1H;/q-1;;;. The summed E-state index contributed by atoms with van der Waals surface area (Å²) in [6.45, 7) is 10.8. The summed E-state index contributed by atoms with van der Waals surface area (Å²) in [6.07, 6.45) is 8.63. The van der Waals surface area contributed by atoms with Gasteiger partial charge in [0.15, 0.2) is 8.32 Å². The minimum absolute atomic E-state index is 0. The molecule has 0 aromatic rings. The Morgan fingerprint density at radius 1 is 1.25 bits per heavy atom. The second-order valence-electron chi connectivity index (χ2n) is 4.92. The summed E-state index contributed by atoms with van der Waals surface area (Å²) in [5.74, 6) is 0. The van der Waals surface area contributed by atoms with Crippen LogP contribution in [0.25, 0.3) is 0 Å². The molecule has 0 heterocycles. The fourth-order valence-electron chi connectivity index (χ4n) is 1.64. The van der Waals surface area contributed by atoms with Gasteiger partial charge in [0.2, 0.25) is 0 Å². The predicted molar refractivity (Wildman–Crippen MR) is 73.3 cm³/mol. The fourth-order valence-corrected chi connectivity index (χ4v) is 4.33. The van der Waals surface area contributed by atoms with Crippen molar-refractivity contribution in [1.82, 2.24) is 0 Å². The molecule has 0 saturated heterocycles. The molecule has 0 radical (unpaired) electrons. The normalized spacial score (nSPS) is 14.4. The van der Waals surface area contributed by atoms with Gasteiger partial charge in [-0.3, -0.25) is 6.08 Å². The van der Waals surface area contributed by atoms with E-state index < -0.39 is 8.32 Å². The van der Waals surface area contributed by atoms with Crippen molar-refractivity contribution in [3.63, 3.8) is 0 Å². The molecule has 5 heteroatoms. The van der Waals surface area contributed by atoms with E-state index in [-0.39, 0.29) is 52.1 Å². The minimum atomic E-state index is -1.69. The number of halogens is 2. The van der Waals surface area contributed by atoms with Gasteiger partial charge >= 0.3 is 0 Å². The van der Waals surface area contributed by atoms with Gasteiger partial charge in [-0.1, -0.05) is 0 Å². The molecule has 0 aromatic carbocycles. The molecule has 0 fully saturated rings. The molecule has 1 aliphatic rings. The summed E-state index contributed by atoms with van der Waals surface area (Å²) in [4.78, 5) is 0. The van der Waals surface area contributed by atoms with E-state index in [2.05, 4.69) is 52.1 Å². The van der Waals surface area contributed by atoms with Crippen LogP contribution in [0.3, 0.4) is 0 Å². The van der Waals surface area contributed by atoms with Gasteiger partial charge in [-0.15, -0.1) is 31.2 Å². The van der Waals surface area contributed by atoms with E-state index in [1.54, 1.807) is 0 Å². The van der Waals surface area contributed by atoms with E-state index in [0.29, 0.717) is 0 Å². The number of hydrogen-bond acceptors (Lipinski definition) is 1. The third kappa shape index (κ3) is 7.31. The van der Waals surface area contributed by atoms with Crippen molar-refractivity contribution >= 4 is 33.1 Å². The van der Waals surface area contributed by atoms with Gasteiger partial charge in [-0.2, -0.15) is 6.08 Å². The van der Waals surface area contributed by atoms with Crippen molar-refractivity contribution < 1.29 is 26.1 Å². The van der Waals surface area contributed by atoms with Crippen LogP contribution in [-0.4, -0.2) is 13.9 Å². The van der Waals surface area contributed by atoms with Crippen molar-refractivity contribution in [2.24, 2.45) is 0 Å². The van der Waals surface area contributed by atoms with Crippen LogP contribution in [0, 0.1) is 6.08 Å². The second-order valence-corrected chi connectivity index (χ2v) is 8.69. The molecule has 0 amide bonds. The van der Waals surface area contributed by atoms with Gasteiger partial charge in [-0.25, -0.2) is 11.3 Å². The first-order chi connectivity index (χ1) is 5.81. The van der Waals surface area contributed by atoms with Crippen molar-refractivity contribution in [2.45, 2.75) is 45.9 Å². The summed E-state index contributed by atoms with van der Waals surface area (Å²) in [5.41, 5.74) is -0.0408. The molecule has 0 spiro atoms. The van der Waals surface area contributed by atoms with Gasteiger partial charge in [0, 0.05) is 27.3 Å². The van der Waals surface area contributed by atoms with Crippen LogP contribution in [0.2, 0.25) is 13.1 Å². The van der Waals surface area contributed by atoms with Gasteiger partial charge in [0.25, 0.3) is 0 Å². The Labute approximate surface area is 128 Å². The molecule has 1 aliphatic carbocycles. The third-order valence-electron chi connectivity index (χ3n) is 1.90. The van der Waals surface area contributed by atoms with Gasteiger partial charge in [-0.05, 0) is 33.9 Å². The first-order valence-corrected chi connectivity index (χ1v) is 7.70. The van der Waals surface area contributed by atoms with Crippen LogP contribution < -0.4 is 0 Å². The molecule has 94 valence electrons. The molecule has 0 bridgehead atoms. The molecule has 0 aromatic heterocycles. The Morgan fingerprint density at radius 2 is 1.75 bits per heavy atom. The predicted octanol–water partition coefficient (Wildman–Crippen LogP) is 4.08. The fraction of sp³-hybridized carbons (Fsp3) is 0.636. The second kappa shape index (κ2) is 8.12. The van der Waals surface area contributed by atoms with Crippen LogP contribution in [0.5, 0.6) is 0 Å². The van der Waals surface area contributed by atoms with E-state index in [1.165, 1.54) is 5.20 Å². The first kappa shape index (κ1) is 22.2. The monoisotopic (exact) mass is 315 g/mol. The zero-order valence-corrected chi connectivity index (χ0v) is 14.8. The average molecular weight is 316 g/mol. The molecular formula is C11H21Cl2OSiTi-. The van der Waals surface area contributed by atoms with Crippen LogP contribution in [0.1, 0.15) is 27.2 Å². The molecule has 0 atom stereocenters. The SMILES string of the molecule is CC(C)(C)O[Si](C)(C)C1=[C-]CC=C1.Cl.Cl.[Ti]. The van der Waals surface area contributed by atoms with Crippen molar-refractivity contribution in [3.8, 4) is 0 Å². The van der Waals surface area contributed by atoms with E-state index in [4.69, 9.17) is 4.43 Å².